The number of carbonyl (C=O) groups excluding carboxylic acids is 3. The summed E-state index contributed by atoms with van der Waals surface area (Å²) < 4.78 is 43.4. The van der Waals surface area contributed by atoms with E-state index in [0.717, 1.165) is 12.1 Å². The number of hydrogen-bond acceptors (Lipinski definition) is 5. The summed E-state index contributed by atoms with van der Waals surface area (Å²) in [7, 11) is 1.31. The van der Waals surface area contributed by atoms with E-state index in [1.165, 1.54) is 37.5 Å². The number of likely N-dealkylation sites (N-methyl/N-ethyl adjacent to an activating group) is 1. The van der Waals surface area contributed by atoms with Gasteiger partial charge in [-0.05, 0) is 48.0 Å². The van der Waals surface area contributed by atoms with Crippen molar-refractivity contribution in [3.8, 4) is 5.75 Å². The highest BCUT2D eigenvalue weighted by Gasteiger charge is 2.30. The summed E-state index contributed by atoms with van der Waals surface area (Å²) in [5.41, 5.74) is 1.75. The van der Waals surface area contributed by atoms with Crippen LogP contribution in [0.4, 0.5) is 18.9 Å². The number of amides is 3. The maximum Gasteiger partial charge on any atom is 0.416 e. The molecule has 0 fully saturated rings. The van der Waals surface area contributed by atoms with Gasteiger partial charge in [0.1, 0.15) is 5.75 Å². The first-order valence-corrected chi connectivity index (χ1v) is 8.44. The molecule has 3 N–H and O–H groups in total. The van der Waals surface area contributed by atoms with Gasteiger partial charge in [-0.3, -0.25) is 14.4 Å². The number of benzene rings is 2. The highest BCUT2D eigenvalue weighted by molar-refractivity contribution is 6.34. The Morgan fingerprint density at radius 3 is 2.40 bits per heavy atom. The lowest BCUT2D eigenvalue weighted by molar-refractivity contribution is -0.138. The van der Waals surface area contributed by atoms with Gasteiger partial charge in [0.15, 0.2) is 6.61 Å². The number of nitrogens with zero attached hydrogens (tertiary/aromatic N) is 1. The zero-order chi connectivity index (χ0) is 22.1. The number of rotatable bonds is 6. The maximum absolute atomic E-state index is 12.7. The number of hydrazone groups is 1. The number of hydrogen-bond donors (Lipinski definition) is 3. The van der Waals surface area contributed by atoms with Crippen molar-refractivity contribution in [3.63, 3.8) is 0 Å². The van der Waals surface area contributed by atoms with Crippen molar-refractivity contribution >= 4 is 29.6 Å². The molecule has 0 unspecified atom stereocenters. The Bertz CT molecular complexity index is 944. The van der Waals surface area contributed by atoms with Crippen LogP contribution >= 0.6 is 0 Å². The number of ether oxygens (including phenoxy) is 1. The topological polar surface area (TPSA) is 109 Å². The first-order chi connectivity index (χ1) is 14.2. The molecule has 2 aromatic carbocycles. The van der Waals surface area contributed by atoms with Gasteiger partial charge in [0.05, 0.1) is 11.8 Å². The Labute approximate surface area is 169 Å². The second-order valence-electron chi connectivity index (χ2n) is 5.76. The lowest BCUT2D eigenvalue weighted by Gasteiger charge is -2.10. The van der Waals surface area contributed by atoms with E-state index in [1.54, 1.807) is 12.1 Å². The van der Waals surface area contributed by atoms with Gasteiger partial charge in [-0.25, -0.2) is 5.43 Å². The molecule has 0 radical (unpaired) electrons. The summed E-state index contributed by atoms with van der Waals surface area (Å²) in [6, 6.07) is 10.5. The van der Waals surface area contributed by atoms with E-state index in [9.17, 15) is 27.6 Å². The molecule has 0 aliphatic heterocycles. The van der Waals surface area contributed by atoms with Crippen molar-refractivity contribution < 1.29 is 32.3 Å². The summed E-state index contributed by atoms with van der Waals surface area (Å²) in [5, 5.41) is 8.09. The third kappa shape index (κ3) is 6.93. The minimum Gasteiger partial charge on any atom is -0.484 e. The van der Waals surface area contributed by atoms with E-state index in [0.29, 0.717) is 11.3 Å². The van der Waals surface area contributed by atoms with Crippen LogP contribution in [0.25, 0.3) is 0 Å². The number of nitrogens with one attached hydrogen (secondary N) is 3. The van der Waals surface area contributed by atoms with E-state index in [-0.39, 0.29) is 5.69 Å². The van der Waals surface area contributed by atoms with Crippen LogP contribution in [0.15, 0.2) is 53.6 Å². The fourth-order valence-corrected chi connectivity index (χ4v) is 2.10. The molecular formula is C19H17F3N4O4. The second kappa shape index (κ2) is 10.0. The Balaban J connectivity index is 1.84. The van der Waals surface area contributed by atoms with Crippen molar-refractivity contribution in [2.45, 2.75) is 6.18 Å². The first-order valence-electron chi connectivity index (χ1n) is 8.44. The maximum atomic E-state index is 12.7. The molecule has 8 nitrogen and oxygen atoms in total. The van der Waals surface area contributed by atoms with Crippen LogP contribution in [0.3, 0.4) is 0 Å². The predicted molar refractivity (Wildman–Crippen MR) is 102 cm³/mol. The minimum absolute atomic E-state index is 0.00351. The SMILES string of the molecule is CNC(=O)C(=O)N/N=C\c1ccc(OCC(=O)Nc2cccc(C(F)(F)F)c2)cc1. The Hall–Kier alpha value is -3.89. The molecule has 0 saturated heterocycles. The van der Waals surface area contributed by atoms with Crippen molar-refractivity contribution in [2.75, 3.05) is 19.0 Å². The molecule has 0 heterocycles. The smallest absolute Gasteiger partial charge is 0.416 e. The molecule has 0 aromatic heterocycles. The number of alkyl halides is 3. The van der Waals surface area contributed by atoms with Crippen molar-refractivity contribution in [2.24, 2.45) is 5.10 Å². The van der Waals surface area contributed by atoms with Gasteiger partial charge in [0.25, 0.3) is 5.91 Å². The van der Waals surface area contributed by atoms with Crippen molar-refractivity contribution in [1.82, 2.24) is 10.7 Å². The van der Waals surface area contributed by atoms with Crippen LogP contribution in [0, 0.1) is 0 Å². The number of anilines is 1. The van der Waals surface area contributed by atoms with E-state index < -0.39 is 36.1 Å². The van der Waals surface area contributed by atoms with Crippen LogP contribution in [0.2, 0.25) is 0 Å². The Kier molecular flexibility index (Phi) is 7.50. The van der Waals surface area contributed by atoms with Crippen LogP contribution < -0.4 is 20.8 Å². The fraction of sp³-hybridized carbons (Fsp3) is 0.158. The molecule has 30 heavy (non-hydrogen) atoms. The van der Waals surface area contributed by atoms with E-state index in [1.807, 2.05) is 5.43 Å². The Morgan fingerprint density at radius 2 is 1.77 bits per heavy atom. The molecule has 158 valence electrons. The van der Waals surface area contributed by atoms with Gasteiger partial charge >= 0.3 is 18.0 Å². The van der Waals surface area contributed by atoms with E-state index in [2.05, 4.69) is 15.7 Å². The molecule has 2 rings (SSSR count). The van der Waals surface area contributed by atoms with Gasteiger partial charge in [-0.15, -0.1) is 0 Å². The Morgan fingerprint density at radius 1 is 1.07 bits per heavy atom. The van der Waals surface area contributed by atoms with Gasteiger partial charge in [-0.1, -0.05) is 6.07 Å². The molecule has 0 aliphatic rings. The van der Waals surface area contributed by atoms with Crippen LogP contribution in [0.1, 0.15) is 11.1 Å². The highest BCUT2D eigenvalue weighted by Crippen LogP contribution is 2.30. The third-order valence-corrected chi connectivity index (χ3v) is 3.54. The van der Waals surface area contributed by atoms with E-state index >= 15 is 0 Å². The van der Waals surface area contributed by atoms with Crippen LogP contribution in [-0.2, 0) is 20.6 Å². The van der Waals surface area contributed by atoms with Gasteiger partial charge in [0, 0.05) is 12.7 Å². The molecule has 11 heteroatoms. The summed E-state index contributed by atoms with van der Waals surface area (Å²) in [4.78, 5) is 34.1. The molecule has 0 saturated carbocycles. The second-order valence-corrected chi connectivity index (χ2v) is 5.76. The predicted octanol–water partition coefficient (Wildman–Crippen LogP) is 1.92. The number of halogens is 3. The minimum atomic E-state index is -4.51. The molecule has 3 amide bonds. The van der Waals surface area contributed by atoms with E-state index in [4.69, 9.17) is 4.74 Å². The van der Waals surface area contributed by atoms with Gasteiger partial charge in [0.2, 0.25) is 0 Å². The molecule has 0 aliphatic carbocycles. The lowest BCUT2D eigenvalue weighted by Crippen LogP contribution is -2.35. The van der Waals surface area contributed by atoms with Gasteiger partial charge in [-0.2, -0.15) is 18.3 Å². The summed E-state index contributed by atoms with van der Waals surface area (Å²) in [6.07, 6.45) is -3.21. The first kappa shape index (κ1) is 22.4. The van der Waals surface area contributed by atoms with Crippen LogP contribution in [-0.4, -0.2) is 37.6 Å². The monoisotopic (exact) mass is 422 g/mol. The average molecular weight is 422 g/mol. The highest BCUT2D eigenvalue weighted by atomic mass is 19.4. The van der Waals surface area contributed by atoms with Crippen LogP contribution in [0.5, 0.6) is 5.75 Å². The quantitative estimate of drug-likeness (QED) is 0.375. The summed E-state index contributed by atoms with van der Waals surface area (Å²) in [5.74, 6) is -2.04. The molecule has 0 spiro atoms. The zero-order valence-corrected chi connectivity index (χ0v) is 15.6. The molecular weight excluding hydrogens is 405 g/mol. The normalized spacial score (nSPS) is 11.1. The zero-order valence-electron chi connectivity index (χ0n) is 15.6. The standard InChI is InChI=1S/C19H17F3N4O4/c1-23-17(28)18(29)26-24-10-12-5-7-15(8-6-12)30-11-16(27)25-14-4-2-3-13(9-14)19(20,21)22/h2-10H,11H2,1H3,(H,23,28)(H,25,27)(H,26,29)/b24-10-. The summed E-state index contributed by atoms with van der Waals surface area (Å²) in [6.45, 7) is -0.411. The summed E-state index contributed by atoms with van der Waals surface area (Å²) >= 11 is 0. The largest absolute Gasteiger partial charge is 0.484 e. The fourth-order valence-electron chi connectivity index (χ4n) is 2.10. The average Bonchev–Trinajstić information content (AvgIpc) is 2.72. The molecule has 2 aromatic rings. The van der Waals surface area contributed by atoms with Crippen molar-refractivity contribution in [3.05, 3.63) is 59.7 Å². The lowest BCUT2D eigenvalue weighted by atomic mass is 10.2. The number of carbonyl (C=O) groups is 3. The molecule has 0 atom stereocenters. The third-order valence-electron chi connectivity index (χ3n) is 3.54. The molecule has 0 bridgehead atoms. The van der Waals surface area contributed by atoms with Gasteiger partial charge < -0.3 is 15.4 Å². The van der Waals surface area contributed by atoms with Crippen molar-refractivity contribution in [1.29, 1.82) is 0 Å².